The number of benzene rings is 1. The predicted octanol–water partition coefficient (Wildman–Crippen LogP) is -0.723. The second-order valence-corrected chi connectivity index (χ2v) is 3.34. The smallest absolute Gasteiger partial charge is 0.132 e. The number of rotatable bonds is 2. The van der Waals surface area contributed by atoms with Crippen LogP contribution < -0.4 is 16.9 Å². The van der Waals surface area contributed by atoms with Gasteiger partial charge in [-0.15, -0.1) is 0 Å². The first-order valence-corrected chi connectivity index (χ1v) is 4.05. The van der Waals surface area contributed by atoms with E-state index in [9.17, 15) is 0 Å². The highest BCUT2D eigenvalue weighted by Crippen LogP contribution is 2.16. The Morgan fingerprint density at radius 2 is 1.58 bits per heavy atom. The highest BCUT2D eigenvalue weighted by Gasteiger charge is 2.13. The Morgan fingerprint density at radius 3 is 2.00 bits per heavy atom. The van der Waals surface area contributed by atoms with Gasteiger partial charge < -0.3 is 12.4 Å². The first-order valence-electron chi connectivity index (χ1n) is 4.05. The van der Waals surface area contributed by atoms with Crippen molar-refractivity contribution in [2.24, 2.45) is 0 Å². The van der Waals surface area contributed by atoms with Crippen molar-refractivity contribution in [3.05, 3.63) is 30.3 Å². The van der Waals surface area contributed by atoms with Crippen LogP contribution in [-0.2, 0) is 0 Å². The molecule has 0 aliphatic rings. The van der Waals surface area contributed by atoms with Crippen LogP contribution in [-0.4, -0.2) is 20.6 Å². The second kappa shape index (κ2) is 4.48. The van der Waals surface area contributed by atoms with Crippen LogP contribution in [0.3, 0.4) is 0 Å². The lowest BCUT2D eigenvalue weighted by Gasteiger charge is -2.27. The Hall–Kier alpha value is -0.530. The molecule has 1 aromatic rings. The molecule has 0 radical (unpaired) electrons. The van der Waals surface area contributed by atoms with E-state index < -0.39 is 0 Å². The molecule has 0 bridgehead atoms. The quantitative estimate of drug-likeness (QED) is 0.534. The molecule has 0 heterocycles. The summed E-state index contributed by atoms with van der Waals surface area (Å²) in [7, 11) is 4.44. The Morgan fingerprint density at radius 1 is 1.08 bits per heavy atom. The summed E-state index contributed by atoms with van der Waals surface area (Å²) in [6.45, 7) is 3.33. The third-order valence-electron chi connectivity index (χ3n) is 2.25. The van der Waals surface area contributed by atoms with E-state index in [0.717, 1.165) is 11.0 Å². The van der Waals surface area contributed by atoms with Gasteiger partial charge in [-0.05, 0) is 19.1 Å². The molecular weight excluding hydrogens is 170 g/mol. The van der Waals surface area contributed by atoms with E-state index in [-0.39, 0.29) is 12.4 Å². The summed E-state index contributed by atoms with van der Waals surface area (Å²) in [5.41, 5.74) is 1.37. The number of hydrogen-bond donors (Lipinski definition) is 0. The minimum atomic E-state index is 0. The van der Waals surface area contributed by atoms with Crippen LogP contribution in [0.2, 0.25) is 0 Å². The molecule has 0 aliphatic heterocycles. The van der Waals surface area contributed by atoms with Crippen molar-refractivity contribution in [3.63, 3.8) is 0 Å². The first kappa shape index (κ1) is 11.5. The highest BCUT2D eigenvalue weighted by molar-refractivity contribution is 5.40. The third kappa shape index (κ3) is 2.50. The van der Waals surface area contributed by atoms with Crippen molar-refractivity contribution in [2.75, 3.05) is 20.6 Å². The van der Waals surface area contributed by atoms with E-state index in [2.05, 4.69) is 51.4 Å². The fourth-order valence-electron chi connectivity index (χ4n) is 1.01. The molecule has 1 nitrogen and oxygen atoms in total. The van der Waals surface area contributed by atoms with Crippen LogP contribution in [0.4, 0.5) is 5.69 Å². The molecule has 68 valence electrons. The maximum absolute atomic E-state index is 2.22. The summed E-state index contributed by atoms with van der Waals surface area (Å²) in [6, 6.07) is 10.6. The fourth-order valence-corrected chi connectivity index (χ4v) is 1.01. The molecule has 0 aromatic heterocycles. The van der Waals surface area contributed by atoms with E-state index in [1.54, 1.807) is 0 Å². The molecule has 2 heteroatoms. The summed E-state index contributed by atoms with van der Waals surface area (Å²) in [5, 5.41) is 0. The van der Waals surface area contributed by atoms with E-state index in [0.29, 0.717) is 0 Å². The van der Waals surface area contributed by atoms with Crippen molar-refractivity contribution in [1.82, 2.24) is 4.48 Å². The Balaban J connectivity index is 0.00000121. The molecule has 0 amide bonds. The zero-order chi connectivity index (χ0) is 8.32. The SMILES string of the molecule is CC[N+](C)(C)c1ccccc1.[Cl-]. The van der Waals surface area contributed by atoms with Crippen molar-refractivity contribution in [3.8, 4) is 0 Å². The summed E-state index contributed by atoms with van der Waals surface area (Å²) >= 11 is 0. The molecular formula is C10H16ClN. The number of nitrogens with zero attached hydrogens (tertiary/aromatic N) is 1. The molecule has 0 saturated carbocycles. The molecule has 0 N–H and O–H groups in total. The molecule has 0 saturated heterocycles. The van der Waals surface area contributed by atoms with Gasteiger partial charge in [-0.25, -0.2) is 0 Å². The van der Waals surface area contributed by atoms with Gasteiger partial charge in [-0.3, -0.25) is 4.48 Å². The van der Waals surface area contributed by atoms with Gasteiger partial charge in [-0.1, -0.05) is 18.2 Å². The van der Waals surface area contributed by atoms with Gasteiger partial charge >= 0.3 is 0 Å². The normalized spacial score (nSPS) is 10.6. The lowest BCUT2D eigenvalue weighted by Crippen LogP contribution is -3.00. The second-order valence-electron chi connectivity index (χ2n) is 3.34. The van der Waals surface area contributed by atoms with E-state index in [4.69, 9.17) is 0 Å². The standard InChI is InChI=1S/C10H16N.ClH/c1-4-11(2,3)10-8-6-5-7-9-10;/h5-9H,4H2,1-3H3;1H/q+1;/p-1. The van der Waals surface area contributed by atoms with Crippen LogP contribution in [0, 0.1) is 0 Å². The van der Waals surface area contributed by atoms with Crippen LogP contribution >= 0.6 is 0 Å². The molecule has 1 aromatic carbocycles. The maximum atomic E-state index is 2.22. The molecule has 1 rings (SSSR count). The van der Waals surface area contributed by atoms with Gasteiger partial charge in [0.25, 0.3) is 0 Å². The topological polar surface area (TPSA) is 0 Å². The fraction of sp³-hybridized carbons (Fsp3) is 0.400. The van der Waals surface area contributed by atoms with Crippen LogP contribution in [0.1, 0.15) is 6.92 Å². The molecule has 0 fully saturated rings. The molecule has 12 heavy (non-hydrogen) atoms. The van der Waals surface area contributed by atoms with Crippen LogP contribution in [0.15, 0.2) is 30.3 Å². The minimum absolute atomic E-state index is 0. The molecule has 0 spiro atoms. The van der Waals surface area contributed by atoms with Crippen LogP contribution in [0.5, 0.6) is 0 Å². The number of hydrogen-bond acceptors (Lipinski definition) is 0. The summed E-state index contributed by atoms with van der Waals surface area (Å²) in [5.74, 6) is 0. The Bertz CT molecular complexity index is 219. The van der Waals surface area contributed by atoms with Gasteiger partial charge in [-0.2, -0.15) is 0 Å². The van der Waals surface area contributed by atoms with Crippen molar-refractivity contribution in [1.29, 1.82) is 0 Å². The van der Waals surface area contributed by atoms with Gasteiger partial charge in [0.15, 0.2) is 0 Å². The van der Waals surface area contributed by atoms with E-state index >= 15 is 0 Å². The highest BCUT2D eigenvalue weighted by atomic mass is 35.5. The van der Waals surface area contributed by atoms with Crippen LogP contribution in [0.25, 0.3) is 0 Å². The average molecular weight is 186 g/mol. The summed E-state index contributed by atoms with van der Waals surface area (Å²) in [6.07, 6.45) is 0. The lowest BCUT2D eigenvalue weighted by atomic mass is 10.2. The average Bonchev–Trinajstić information content (AvgIpc) is 2.06. The number of halogens is 1. The molecule has 0 atom stereocenters. The Labute approximate surface area is 81.0 Å². The summed E-state index contributed by atoms with van der Waals surface area (Å²) in [4.78, 5) is 0. The number of quaternary nitrogens is 1. The maximum Gasteiger partial charge on any atom is 0.132 e. The first-order chi connectivity index (χ1) is 5.17. The van der Waals surface area contributed by atoms with Crippen molar-refractivity contribution < 1.29 is 12.4 Å². The number of para-hydroxylation sites is 1. The monoisotopic (exact) mass is 185 g/mol. The van der Waals surface area contributed by atoms with Crippen molar-refractivity contribution >= 4 is 5.69 Å². The van der Waals surface area contributed by atoms with Gasteiger partial charge in [0.2, 0.25) is 0 Å². The van der Waals surface area contributed by atoms with E-state index in [1.165, 1.54) is 5.69 Å². The Kier molecular flexibility index (Phi) is 4.29. The molecule has 0 unspecified atom stereocenters. The zero-order valence-electron chi connectivity index (χ0n) is 7.92. The van der Waals surface area contributed by atoms with Gasteiger partial charge in [0, 0.05) is 0 Å². The zero-order valence-corrected chi connectivity index (χ0v) is 8.67. The largest absolute Gasteiger partial charge is 1.00 e. The van der Waals surface area contributed by atoms with Gasteiger partial charge in [0.05, 0.1) is 20.6 Å². The third-order valence-corrected chi connectivity index (χ3v) is 2.25. The summed E-state index contributed by atoms with van der Waals surface area (Å²) < 4.78 is 0.959. The van der Waals surface area contributed by atoms with Gasteiger partial charge in [0.1, 0.15) is 5.69 Å². The van der Waals surface area contributed by atoms with E-state index in [1.807, 2.05) is 0 Å². The minimum Gasteiger partial charge on any atom is -1.00 e. The predicted molar refractivity (Wildman–Crippen MR) is 50.6 cm³/mol. The van der Waals surface area contributed by atoms with Crippen molar-refractivity contribution in [2.45, 2.75) is 6.92 Å². The lowest BCUT2D eigenvalue weighted by molar-refractivity contribution is -0.00000248. The molecule has 0 aliphatic carbocycles.